The van der Waals surface area contributed by atoms with Crippen molar-refractivity contribution >= 4 is 34.7 Å². The molecule has 0 radical (unpaired) electrons. The van der Waals surface area contributed by atoms with Gasteiger partial charge in [-0.1, -0.05) is 31.3 Å². The number of likely N-dealkylation sites (N-methyl/N-ethyl adjacent to an activating group) is 1. The predicted octanol–water partition coefficient (Wildman–Crippen LogP) is 0.614. The van der Waals surface area contributed by atoms with Crippen LogP contribution in [0.3, 0.4) is 0 Å². The van der Waals surface area contributed by atoms with Crippen molar-refractivity contribution in [2.24, 2.45) is 5.73 Å². The van der Waals surface area contributed by atoms with Crippen molar-refractivity contribution in [3.05, 3.63) is 29.8 Å². The lowest BCUT2D eigenvalue weighted by Gasteiger charge is -2.17. The van der Waals surface area contributed by atoms with Crippen LogP contribution in [0.25, 0.3) is 0 Å². The van der Waals surface area contributed by atoms with E-state index in [1.165, 1.54) is 10.5 Å². The van der Waals surface area contributed by atoms with Gasteiger partial charge in [-0.3, -0.25) is 9.59 Å². The van der Waals surface area contributed by atoms with Crippen LogP contribution in [0.1, 0.15) is 12.5 Å². The third-order valence-electron chi connectivity index (χ3n) is 2.65. The average Bonchev–Trinajstić information content (AvgIpc) is 2.43. The summed E-state index contributed by atoms with van der Waals surface area (Å²) in [4.78, 5) is 24.8. The molecule has 0 aliphatic heterocycles. The van der Waals surface area contributed by atoms with Gasteiger partial charge in [0, 0.05) is 12.7 Å². The van der Waals surface area contributed by atoms with E-state index < -0.39 is 11.8 Å². The summed E-state index contributed by atoms with van der Waals surface area (Å²) in [6.07, 6.45) is 0.923. The number of anilines is 1. The molecule has 0 unspecified atom stereocenters. The Balaban J connectivity index is 2.69. The first kappa shape index (κ1) is 15.1. The van der Waals surface area contributed by atoms with Crippen LogP contribution >= 0.6 is 12.2 Å². The smallest absolute Gasteiger partial charge is 0.316 e. The van der Waals surface area contributed by atoms with Crippen molar-refractivity contribution in [1.82, 2.24) is 5.32 Å². The van der Waals surface area contributed by atoms with Crippen LogP contribution in [-0.4, -0.2) is 30.4 Å². The molecule has 5 nitrogen and oxygen atoms in total. The Bertz CT molecular complexity index is 485. The fraction of sp³-hybridized carbons (Fsp3) is 0.308. The second kappa shape index (κ2) is 6.84. The minimum atomic E-state index is -0.727. The van der Waals surface area contributed by atoms with Crippen molar-refractivity contribution in [1.29, 1.82) is 0 Å². The molecule has 1 aromatic carbocycles. The molecule has 6 heteroatoms. The number of hydrogen-bond donors (Lipinski definition) is 2. The molecule has 0 spiro atoms. The lowest BCUT2D eigenvalue weighted by atomic mass is 10.1. The fourth-order valence-corrected chi connectivity index (χ4v) is 1.54. The third kappa shape index (κ3) is 4.33. The third-order valence-corrected chi connectivity index (χ3v) is 2.80. The van der Waals surface area contributed by atoms with E-state index in [0.29, 0.717) is 5.69 Å². The van der Waals surface area contributed by atoms with Crippen molar-refractivity contribution < 1.29 is 9.59 Å². The van der Waals surface area contributed by atoms with E-state index in [-0.39, 0.29) is 11.5 Å². The predicted molar refractivity (Wildman–Crippen MR) is 79.0 cm³/mol. The molecule has 0 aromatic heterocycles. The Morgan fingerprint density at radius 2 is 1.89 bits per heavy atom. The highest BCUT2D eigenvalue weighted by Gasteiger charge is 2.19. The Kier molecular flexibility index (Phi) is 5.44. The zero-order chi connectivity index (χ0) is 14.4. The van der Waals surface area contributed by atoms with Crippen molar-refractivity contribution in [3.8, 4) is 0 Å². The zero-order valence-electron chi connectivity index (χ0n) is 11.0. The molecule has 0 saturated heterocycles. The van der Waals surface area contributed by atoms with Gasteiger partial charge in [-0.2, -0.15) is 0 Å². The highest BCUT2D eigenvalue weighted by Crippen LogP contribution is 2.14. The number of amides is 2. The molecule has 3 N–H and O–H groups in total. The number of nitrogens with two attached hydrogens (primary N) is 1. The highest BCUT2D eigenvalue weighted by molar-refractivity contribution is 7.80. The molecular weight excluding hydrogens is 262 g/mol. The van der Waals surface area contributed by atoms with Crippen LogP contribution in [0.2, 0.25) is 0 Å². The SMILES string of the molecule is CCc1ccc(N(C)C(=O)C(=O)NCC(N)=S)cc1. The number of thiocarbonyl (C=S) groups is 1. The average molecular weight is 279 g/mol. The number of hydrogen-bond acceptors (Lipinski definition) is 3. The molecule has 1 rings (SSSR count). The first-order valence-electron chi connectivity index (χ1n) is 5.88. The maximum atomic E-state index is 11.8. The van der Waals surface area contributed by atoms with Crippen LogP contribution in [0, 0.1) is 0 Å². The van der Waals surface area contributed by atoms with Crippen LogP contribution in [0.5, 0.6) is 0 Å². The molecule has 0 heterocycles. The number of carbonyl (C=O) groups excluding carboxylic acids is 2. The summed E-state index contributed by atoms with van der Waals surface area (Å²) < 4.78 is 0. The van der Waals surface area contributed by atoms with E-state index in [4.69, 9.17) is 5.73 Å². The Labute approximate surface area is 117 Å². The summed E-state index contributed by atoms with van der Waals surface area (Å²) >= 11 is 4.63. The Hall–Kier alpha value is -1.95. The molecule has 19 heavy (non-hydrogen) atoms. The number of nitrogens with zero attached hydrogens (tertiary/aromatic N) is 1. The Morgan fingerprint density at radius 3 is 2.37 bits per heavy atom. The van der Waals surface area contributed by atoms with Crippen LogP contribution in [-0.2, 0) is 16.0 Å². The van der Waals surface area contributed by atoms with Gasteiger partial charge in [0.1, 0.15) is 0 Å². The molecule has 0 bridgehead atoms. The van der Waals surface area contributed by atoms with Crippen molar-refractivity contribution in [2.45, 2.75) is 13.3 Å². The van der Waals surface area contributed by atoms with Gasteiger partial charge in [0.05, 0.1) is 11.5 Å². The Morgan fingerprint density at radius 1 is 1.32 bits per heavy atom. The minimum absolute atomic E-state index is 0.0164. The topological polar surface area (TPSA) is 75.4 Å². The summed E-state index contributed by atoms with van der Waals surface area (Å²) in [6, 6.07) is 7.45. The molecule has 0 saturated carbocycles. The molecule has 0 aliphatic rings. The zero-order valence-corrected chi connectivity index (χ0v) is 11.8. The monoisotopic (exact) mass is 279 g/mol. The maximum Gasteiger partial charge on any atom is 0.316 e. The normalized spacial score (nSPS) is 9.79. The molecule has 2 amide bonds. The molecular formula is C13H17N3O2S. The number of nitrogens with one attached hydrogen (secondary N) is 1. The number of rotatable bonds is 4. The van der Waals surface area contributed by atoms with Crippen LogP contribution < -0.4 is 16.0 Å². The van der Waals surface area contributed by atoms with E-state index in [9.17, 15) is 9.59 Å². The number of aryl methyl sites for hydroxylation is 1. The highest BCUT2D eigenvalue weighted by atomic mass is 32.1. The molecule has 0 aliphatic carbocycles. The van der Waals surface area contributed by atoms with Gasteiger partial charge in [-0.15, -0.1) is 0 Å². The van der Waals surface area contributed by atoms with E-state index in [1.54, 1.807) is 19.2 Å². The lowest BCUT2D eigenvalue weighted by Crippen LogP contribution is -2.43. The summed E-state index contributed by atoms with van der Waals surface area (Å²) in [5, 5.41) is 2.36. The maximum absolute atomic E-state index is 11.8. The molecule has 0 atom stereocenters. The van der Waals surface area contributed by atoms with Gasteiger partial charge in [0.2, 0.25) is 0 Å². The number of benzene rings is 1. The quantitative estimate of drug-likeness (QED) is 0.625. The van der Waals surface area contributed by atoms with Gasteiger partial charge < -0.3 is 16.0 Å². The minimum Gasteiger partial charge on any atom is -0.392 e. The molecule has 102 valence electrons. The van der Waals surface area contributed by atoms with Gasteiger partial charge >= 0.3 is 11.8 Å². The van der Waals surface area contributed by atoms with E-state index in [1.807, 2.05) is 19.1 Å². The lowest BCUT2D eigenvalue weighted by molar-refractivity contribution is -0.137. The van der Waals surface area contributed by atoms with E-state index in [0.717, 1.165) is 6.42 Å². The standard InChI is InChI=1S/C13H17N3O2S/c1-3-9-4-6-10(7-5-9)16(2)13(18)12(17)15-8-11(14)19/h4-7H,3,8H2,1-2H3,(H2,14,19)(H,15,17). The van der Waals surface area contributed by atoms with Gasteiger partial charge in [0.25, 0.3) is 0 Å². The second-order valence-corrected chi connectivity index (χ2v) is 4.56. The van der Waals surface area contributed by atoms with Gasteiger partial charge in [-0.05, 0) is 24.1 Å². The van der Waals surface area contributed by atoms with Crippen LogP contribution in [0.15, 0.2) is 24.3 Å². The summed E-state index contributed by atoms with van der Waals surface area (Å²) in [7, 11) is 1.55. The van der Waals surface area contributed by atoms with Crippen molar-refractivity contribution in [2.75, 3.05) is 18.5 Å². The first-order valence-corrected chi connectivity index (χ1v) is 6.29. The van der Waals surface area contributed by atoms with E-state index in [2.05, 4.69) is 17.5 Å². The van der Waals surface area contributed by atoms with Gasteiger partial charge in [0.15, 0.2) is 0 Å². The summed E-state index contributed by atoms with van der Waals surface area (Å²) in [5.74, 6) is -1.38. The van der Waals surface area contributed by atoms with E-state index >= 15 is 0 Å². The summed E-state index contributed by atoms with van der Waals surface area (Å²) in [6.45, 7) is 2.07. The summed E-state index contributed by atoms with van der Waals surface area (Å²) in [5.41, 5.74) is 7.08. The van der Waals surface area contributed by atoms with Crippen molar-refractivity contribution in [3.63, 3.8) is 0 Å². The fourth-order valence-electron chi connectivity index (χ4n) is 1.47. The second-order valence-electron chi connectivity index (χ2n) is 4.03. The largest absolute Gasteiger partial charge is 0.392 e. The number of carbonyl (C=O) groups is 2. The van der Waals surface area contributed by atoms with Crippen LogP contribution in [0.4, 0.5) is 5.69 Å². The molecule has 0 fully saturated rings. The van der Waals surface area contributed by atoms with Gasteiger partial charge in [-0.25, -0.2) is 0 Å². The molecule has 1 aromatic rings. The first-order chi connectivity index (χ1) is 8.95.